The van der Waals surface area contributed by atoms with Crippen molar-refractivity contribution in [3.8, 4) is 5.75 Å². The topological polar surface area (TPSA) is 98.0 Å². The fourth-order valence-electron chi connectivity index (χ4n) is 1.65. The molecule has 0 saturated carbocycles. The summed E-state index contributed by atoms with van der Waals surface area (Å²) in [5.41, 5.74) is 7.25. The summed E-state index contributed by atoms with van der Waals surface area (Å²) in [5, 5.41) is 5.65. The molecule has 21 heavy (non-hydrogen) atoms. The third-order valence-electron chi connectivity index (χ3n) is 2.62. The zero-order valence-electron chi connectivity index (χ0n) is 12.6. The molecule has 0 radical (unpaired) electrons. The minimum atomic E-state index is -0.158. The van der Waals surface area contributed by atoms with Crippen LogP contribution in [0.3, 0.4) is 0 Å². The largest absolute Gasteiger partial charge is 0.495 e. The Morgan fingerprint density at radius 1 is 1.38 bits per heavy atom. The first-order valence-electron chi connectivity index (χ1n) is 6.54. The van der Waals surface area contributed by atoms with Gasteiger partial charge in [-0.05, 0) is 17.7 Å². The Hall–Kier alpha value is -2.28. The molecule has 4 N–H and O–H groups in total. The lowest BCUT2D eigenvalue weighted by Gasteiger charge is -2.10. The summed E-state index contributed by atoms with van der Waals surface area (Å²) < 4.78 is 10.1. The summed E-state index contributed by atoms with van der Waals surface area (Å²) in [6, 6.07) is 5.47. The lowest BCUT2D eigenvalue weighted by atomic mass is 10.2. The molecule has 0 spiro atoms. The van der Waals surface area contributed by atoms with Crippen molar-refractivity contribution in [2.75, 3.05) is 32.7 Å². The van der Waals surface area contributed by atoms with E-state index in [9.17, 15) is 4.79 Å². The normalized spacial score (nSPS) is 11.1. The van der Waals surface area contributed by atoms with Crippen molar-refractivity contribution in [2.24, 2.45) is 10.7 Å². The van der Waals surface area contributed by atoms with E-state index in [0.717, 1.165) is 5.56 Å². The van der Waals surface area contributed by atoms with E-state index in [0.29, 0.717) is 37.1 Å². The van der Waals surface area contributed by atoms with E-state index in [4.69, 9.17) is 15.2 Å². The summed E-state index contributed by atoms with van der Waals surface area (Å²) in [4.78, 5) is 15.4. The molecule has 0 saturated heterocycles. The van der Waals surface area contributed by atoms with Crippen molar-refractivity contribution < 1.29 is 14.3 Å². The number of carbonyl (C=O) groups excluding carboxylic acids is 1. The maximum Gasteiger partial charge on any atom is 0.221 e. The average molecular weight is 294 g/mol. The number of hydrogen-bond donors (Lipinski definition) is 3. The van der Waals surface area contributed by atoms with Crippen LogP contribution >= 0.6 is 0 Å². The predicted octanol–water partition coefficient (Wildman–Crippen LogP) is 0.704. The number of hydrogen-bond acceptors (Lipinski definition) is 4. The van der Waals surface area contributed by atoms with Crippen molar-refractivity contribution in [3.05, 3.63) is 23.8 Å². The molecule has 7 heteroatoms. The summed E-state index contributed by atoms with van der Waals surface area (Å²) in [7, 11) is 3.17. The summed E-state index contributed by atoms with van der Waals surface area (Å²) >= 11 is 0. The minimum absolute atomic E-state index is 0.158. The van der Waals surface area contributed by atoms with Crippen molar-refractivity contribution in [1.29, 1.82) is 0 Å². The Morgan fingerprint density at radius 3 is 2.76 bits per heavy atom. The standard InChI is InChI=1S/C14H22N4O3/c1-10(19)18-12-8-11(4-5-13(12)21-3)9-17-14(15)16-6-7-20-2/h4-5,8H,6-7,9H2,1-3H3,(H,18,19)(H3,15,16,17). The van der Waals surface area contributed by atoms with Crippen LogP contribution < -0.4 is 21.1 Å². The molecule has 7 nitrogen and oxygen atoms in total. The number of aliphatic imine (C=N–C) groups is 1. The summed E-state index contributed by atoms with van der Waals surface area (Å²) in [5.74, 6) is 0.794. The third-order valence-corrected chi connectivity index (χ3v) is 2.62. The molecule has 1 aromatic rings. The molecule has 1 aromatic carbocycles. The number of guanidine groups is 1. The van der Waals surface area contributed by atoms with Gasteiger partial charge in [0.1, 0.15) is 5.75 Å². The highest BCUT2D eigenvalue weighted by atomic mass is 16.5. The van der Waals surface area contributed by atoms with Crippen LogP contribution in [0.4, 0.5) is 5.69 Å². The van der Waals surface area contributed by atoms with E-state index in [1.807, 2.05) is 12.1 Å². The van der Waals surface area contributed by atoms with Crippen LogP contribution in [0.5, 0.6) is 5.75 Å². The number of ether oxygens (including phenoxy) is 2. The lowest BCUT2D eigenvalue weighted by Crippen LogP contribution is -2.34. The molecule has 0 bridgehead atoms. The van der Waals surface area contributed by atoms with Gasteiger partial charge >= 0.3 is 0 Å². The zero-order chi connectivity index (χ0) is 15.7. The molecule has 0 unspecified atom stereocenters. The van der Waals surface area contributed by atoms with Crippen LogP contribution in [0.2, 0.25) is 0 Å². The van der Waals surface area contributed by atoms with Crippen molar-refractivity contribution in [1.82, 2.24) is 5.32 Å². The fraction of sp³-hybridized carbons (Fsp3) is 0.429. The first-order chi connectivity index (χ1) is 10.1. The molecule has 0 heterocycles. The Kier molecular flexibility index (Phi) is 7.03. The van der Waals surface area contributed by atoms with Gasteiger partial charge < -0.3 is 25.8 Å². The molecule has 1 rings (SSSR count). The Labute approximate surface area is 124 Å². The van der Waals surface area contributed by atoms with E-state index in [1.54, 1.807) is 20.3 Å². The average Bonchev–Trinajstić information content (AvgIpc) is 2.45. The smallest absolute Gasteiger partial charge is 0.221 e. The number of nitrogens with one attached hydrogen (secondary N) is 2. The number of benzene rings is 1. The number of carbonyl (C=O) groups is 1. The Morgan fingerprint density at radius 2 is 2.14 bits per heavy atom. The van der Waals surface area contributed by atoms with Gasteiger partial charge in [0.25, 0.3) is 0 Å². The van der Waals surface area contributed by atoms with Gasteiger partial charge in [0.05, 0.1) is 25.9 Å². The van der Waals surface area contributed by atoms with Gasteiger partial charge in [-0.1, -0.05) is 6.07 Å². The minimum Gasteiger partial charge on any atom is -0.495 e. The van der Waals surface area contributed by atoms with E-state index >= 15 is 0 Å². The van der Waals surface area contributed by atoms with E-state index < -0.39 is 0 Å². The number of nitrogens with two attached hydrogens (primary N) is 1. The Balaban J connectivity index is 2.70. The fourth-order valence-corrected chi connectivity index (χ4v) is 1.65. The number of methoxy groups -OCH3 is 2. The number of rotatable bonds is 7. The zero-order valence-corrected chi connectivity index (χ0v) is 12.6. The first kappa shape index (κ1) is 16.8. The molecule has 0 aliphatic heterocycles. The van der Waals surface area contributed by atoms with Crippen LogP contribution in [-0.4, -0.2) is 39.2 Å². The van der Waals surface area contributed by atoms with Crippen LogP contribution in [0.25, 0.3) is 0 Å². The second kappa shape index (κ2) is 8.80. The van der Waals surface area contributed by atoms with E-state index in [-0.39, 0.29) is 5.91 Å². The van der Waals surface area contributed by atoms with Crippen molar-refractivity contribution in [2.45, 2.75) is 13.5 Å². The molecule has 1 amide bonds. The van der Waals surface area contributed by atoms with Crippen molar-refractivity contribution in [3.63, 3.8) is 0 Å². The monoisotopic (exact) mass is 294 g/mol. The maximum atomic E-state index is 11.2. The van der Waals surface area contributed by atoms with Gasteiger partial charge in [0.2, 0.25) is 5.91 Å². The van der Waals surface area contributed by atoms with Gasteiger partial charge in [-0.15, -0.1) is 0 Å². The molecule has 116 valence electrons. The lowest BCUT2D eigenvalue weighted by molar-refractivity contribution is -0.114. The predicted molar refractivity (Wildman–Crippen MR) is 82.5 cm³/mol. The molecule has 0 aliphatic carbocycles. The SMILES string of the molecule is COCCNC(N)=NCc1ccc(OC)c(NC(C)=O)c1. The second-order valence-electron chi connectivity index (χ2n) is 4.34. The van der Waals surface area contributed by atoms with Crippen molar-refractivity contribution >= 4 is 17.6 Å². The number of anilines is 1. The van der Waals surface area contributed by atoms with Crippen LogP contribution in [-0.2, 0) is 16.1 Å². The molecule has 0 fully saturated rings. The molecule has 0 atom stereocenters. The Bertz CT molecular complexity index is 503. The maximum absolute atomic E-state index is 11.2. The molecule has 0 aliphatic rings. The van der Waals surface area contributed by atoms with Gasteiger partial charge in [0, 0.05) is 20.6 Å². The van der Waals surface area contributed by atoms with Gasteiger partial charge in [-0.25, -0.2) is 4.99 Å². The quantitative estimate of drug-likeness (QED) is 0.391. The highest BCUT2D eigenvalue weighted by molar-refractivity contribution is 5.90. The van der Waals surface area contributed by atoms with Crippen LogP contribution in [0, 0.1) is 0 Å². The van der Waals surface area contributed by atoms with E-state index in [1.165, 1.54) is 6.92 Å². The van der Waals surface area contributed by atoms with Gasteiger partial charge in [-0.3, -0.25) is 4.79 Å². The van der Waals surface area contributed by atoms with Gasteiger partial charge in [0.15, 0.2) is 5.96 Å². The van der Waals surface area contributed by atoms with E-state index in [2.05, 4.69) is 15.6 Å². The summed E-state index contributed by atoms with van der Waals surface area (Å²) in [6.45, 7) is 3.02. The van der Waals surface area contributed by atoms with Crippen LogP contribution in [0.1, 0.15) is 12.5 Å². The first-order valence-corrected chi connectivity index (χ1v) is 6.54. The summed E-state index contributed by atoms with van der Waals surface area (Å²) in [6.07, 6.45) is 0. The second-order valence-corrected chi connectivity index (χ2v) is 4.34. The number of amides is 1. The molecular weight excluding hydrogens is 272 g/mol. The third kappa shape index (κ3) is 6.13. The molecular formula is C14H22N4O3. The van der Waals surface area contributed by atoms with Crippen LogP contribution in [0.15, 0.2) is 23.2 Å². The highest BCUT2D eigenvalue weighted by Gasteiger charge is 2.05. The molecule has 0 aromatic heterocycles. The number of nitrogens with zero attached hydrogens (tertiary/aromatic N) is 1. The van der Waals surface area contributed by atoms with Gasteiger partial charge in [-0.2, -0.15) is 0 Å². The highest BCUT2D eigenvalue weighted by Crippen LogP contribution is 2.25.